The maximum Gasteiger partial charge on any atom is 0.172 e. The second-order valence-electron chi connectivity index (χ2n) is 4.36. The lowest BCUT2D eigenvalue weighted by Gasteiger charge is -2.11. The van der Waals surface area contributed by atoms with Gasteiger partial charge in [-0.1, -0.05) is 36.4 Å². The standard InChI is InChI=1S/C15H14N4S/c1-10-13(11-6-3-2-4-7-11)17-15(18-14(10)19-16)12-8-5-9-20-12/h2-9H,16H2,1H3,(H,17,18,19). The minimum Gasteiger partial charge on any atom is -0.308 e. The van der Waals surface area contributed by atoms with E-state index in [2.05, 4.69) is 10.4 Å². The lowest BCUT2D eigenvalue weighted by atomic mass is 10.1. The average Bonchev–Trinajstić information content (AvgIpc) is 3.03. The maximum atomic E-state index is 5.58. The highest BCUT2D eigenvalue weighted by Crippen LogP contribution is 2.30. The number of hydrogen-bond donors (Lipinski definition) is 2. The molecule has 100 valence electrons. The van der Waals surface area contributed by atoms with Crippen molar-refractivity contribution in [2.24, 2.45) is 5.84 Å². The topological polar surface area (TPSA) is 63.8 Å². The maximum absolute atomic E-state index is 5.58. The number of aromatic nitrogens is 2. The normalized spacial score (nSPS) is 10.5. The lowest BCUT2D eigenvalue weighted by molar-refractivity contribution is 1.12. The van der Waals surface area contributed by atoms with Crippen molar-refractivity contribution in [2.45, 2.75) is 6.92 Å². The molecule has 0 radical (unpaired) electrons. The second-order valence-corrected chi connectivity index (χ2v) is 5.30. The highest BCUT2D eigenvalue weighted by molar-refractivity contribution is 7.13. The summed E-state index contributed by atoms with van der Waals surface area (Å²) >= 11 is 1.61. The van der Waals surface area contributed by atoms with Gasteiger partial charge in [-0.2, -0.15) is 0 Å². The molecule has 0 unspecified atom stereocenters. The van der Waals surface area contributed by atoms with Crippen molar-refractivity contribution in [1.29, 1.82) is 0 Å². The van der Waals surface area contributed by atoms with Crippen molar-refractivity contribution in [2.75, 3.05) is 5.43 Å². The Morgan fingerprint density at radius 2 is 1.85 bits per heavy atom. The smallest absolute Gasteiger partial charge is 0.172 e. The highest BCUT2D eigenvalue weighted by Gasteiger charge is 2.13. The van der Waals surface area contributed by atoms with Crippen molar-refractivity contribution in [3.63, 3.8) is 0 Å². The molecule has 0 bridgehead atoms. The molecule has 3 rings (SSSR count). The number of nitrogens with one attached hydrogen (secondary N) is 1. The molecular formula is C15H14N4S. The molecule has 0 aliphatic heterocycles. The van der Waals surface area contributed by atoms with Gasteiger partial charge in [0, 0.05) is 11.1 Å². The van der Waals surface area contributed by atoms with Crippen LogP contribution < -0.4 is 11.3 Å². The van der Waals surface area contributed by atoms with Crippen LogP contribution in [0.3, 0.4) is 0 Å². The molecule has 0 fully saturated rings. The number of hydrazine groups is 1. The van der Waals surface area contributed by atoms with Gasteiger partial charge in [0.1, 0.15) is 5.82 Å². The third-order valence-electron chi connectivity index (χ3n) is 3.07. The Morgan fingerprint density at radius 3 is 2.50 bits per heavy atom. The predicted molar refractivity (Wildman–Crippen MR) is 83.3 cm³/mol. The Morgan fingerprint density at radius 1 is 1.05 bits per heavy atom. The highest BCUT2D eigenvalue weighted by atomic mass is 32.1. The summed E-state index contributed by atoms with van der Waals surface area (Å²) < 4.78 is 0. The SMILES string of the molecule is Cc1c(NN)nc(-c2cccs2)nc1-c1ccccc1. The summed E-state index contributed by atoms with van der Waals surface area (Å²) in [6, 6.07) is 14.0. The Balaban J connectivity index is 2.21. The fourth-order valence-electron chi connectivity index (χ4n) is 2.05. The zero-order valence-electron chi connectivity index (χ0n) is 11.0. The molecule has 0 atom stereocenters. The molecule has 20 heavy (non-hydrogen) atoms. The molecule has 3 aromatic rings. The van der Waals surface area contributed by atoms with E-state index in [4.69, 9.17) is 10.8 Å². The van der Waals surface area contributed by atoms with E-state index in [0.29, 0.717) is 11.6 Å². The van der Waals surface area contributed by atoms with Gasteiger partial charge in [0.05, 0.1) is 10.6 Å². The van der Waals surface area contributed by atoms with Gasteiger partial charge in [-0.15, -0.1) is 11.3 Å². The number of hydrogen-bond acceptors (Lipinski definition) is 5. The van der Waals surface area contributed by atoms with Crippen LogP contribution in [0.1, 0.15) is 5.56 Å². The Hall–Kier alpha value is -2.24. The molecule has 0 saturated heterocycles. The number of anilines is 1. The van der Waals surface area contributed by atoms with Gasteiger partial charge in [-0.3, -0.25) is 0 Å². The molecule has 2 aromatic heterocycles. The third-order valence-corrected chi connectivity index (χ3v) is 3.94. The van der Waals surface area contributed by atoms with Crippen molar-refractivity contribution in [3.8, 4) is 22.0 Å². The van der Waals surface area contributed by atoms with Crippen LogP contribution in [0.25, 0.3) is 22.0 Å². The minimum atomic E-state index is 0.655. The van der Waals surface area contributed by atoms with E-state index >= 15 is 0 Å². The number of thiophene rings is 1. The fourth-order valence-corrected chi connectivity index (χ4v) is 2.71. The first-order valence-electron chi connectivity index (χ1n) is 6.24. The van der Waals surface area contributed by atoms with Crippen LogP contribution in [0.5, 0.6) is 0 Å². The van der Waals surface area contributed by atoms with Crippen molar-refractivity contribution in [3.05, 3.63) is 53.4 Å². The summed E-state index contributed by atoms with van der Waals surface area (Å²) in [6.07, 6.45) is 0. The number of nitrogen functional groups attached to an aromatic ring is 1. The molecule has 1 aromatic carbocycles. The van der Waals surface area contributed by atoms with E-state index in [1.807, 2.05) is 54.8 Å². The molecule has 2 heterocycles. The Bertz CT molecular complexity index is 708. The molecule has 0 aliphatic rings. The molecule has 0 amide bonds. The van der Waals surface area contributed by atoms with Crippen LogP contribution in [0.15, 0.2) is 47.8 Å². The third kappa shape index (κ3) is 2.29. The van der Waals surface area contributed by atoms with E-state index in [1.165, 1.54) is 0 Å². The van der Waals surface area contributed by atoms with E-state index in [9.17, 15) is 0 Å². The van der Waals surface area contributed by atoms with Crippen molar-refractivity contribution >= 4 is 17.2 Å². The van der Waals surface area contributed by atoms with E-state index in [-0.39, 0.29) is 0 Å². The average molecular weight is 282 g/mol. The van der Waals surface area contributed by atoms with Gasteiger partial charge < -0.3 is 5.43 Å². The number of nitrogens with zero attached hydrogens (tertiary/aromatic N) is 2. The molecule has 0 aliphatic carbocycles. The van der Waals surface area contributed by atoms with Crippen LogP contribution in [-0.4, -0.2) is 9.97 Å². The molecule has 0 spiro atoms. The monoisotopic (exact) mass is 282 g/mol. The van der Waals surface area contributed by atoms with Crippen LogP contribution >= 0.6 is 11.3 Å². The van der Waals surface area contributed by atoms with Crippen molar-refractivity contribution in [1.82, 2.24) is 9.97 Å². The first kappa shape index (κ1) is 12.8. The van der Waals surface area contributed by atoms with Crippen LogP contribution in [0.4, 0.5) is 5.82 Å². The molecule has 5 heteroatoms. The lowest BCUT2D eigenvalue weighted by Crippen LogP contribution is -2.12. The van der Waals surface area contributed by atoms with Crippen LogP contribution in [0, 0.1) is 6.92 Å². The van der Waals surface area contributed by atoms with Gasteiger partial charge >= 0.3 is 0 Å². The van der Waals surface area contributed by atoms with E-state index < -0.39 is 0 Å². The quantitative estimate of drug-likeness (QED) is 0.570. The minimum absolute atomic E-state index is 0.655. The summed E-state index contributed by atoms with van der Waals surface area (Å²) in [5, 5.41) is 2.01. The van der Waals surface area contributed by atoms with Gasteiger partial charge in [-0.25, -0.2) is 15.8 Å². The van der Waals surface area contributed by atoms with E-state index in [1.54, 1.807) is 11.3 Å². The first-order valence-corrected chi connectivity index (χ1v) is 7.12. The molecule has 4 nitrogen and oxygen atoms in total. The fraction of sp³-hybridized carbons (Fsp3) is 0.0667. The summed E-state index contributed by atoms with van der Waals surface area (Å²) in [5.74, 6) is 6.93. The van der Waals surface area contributed by atoms with Gasteiger partial charge in [0.15, 0.2) is 5.82 Å². The van der Waals surface area contributed by atoms with Crippen LogP contribution in [-0.2, 0) is 0 Å². The molecule has 0 saturated carbocycles. The van der Waals surface area contributed by atoms with Crippen LogP contribution in [0.2, 0.25) is 0 Å². The summed E-state index contributed by atoms with van der Waals surface area (Å²) in [6.45, 7) is 1.97. The van der Waals surface area contributed by atoms with Gasteiger partial charge in [-0.05, 0) is 18.4 Å². The summed E-state index contributed by atoms with van der Waals surface area (Å²) in [4.78, 5) is 10.2. The van der Waals surface area contributed by atoms with Crippen molar-refractivity contribution < 1.29 is 0 Å². The van der Waals surface area contributed by atoms with Gasteiger partial charge in [0.25, 0.3) is 0 Å². The Labute approximate surface area is 121 Å². The number of nitrogens with two attached hydrogens (primary N) is 1. The largest absolute Gasteiger partial charge is 0.308 e. The number of rotatable bonds is 3. The number of benzene rings is 1. The van der Waals surface area contributed by atoms with E-state index in [0.717, 1.165) is 21.7 Å². The Kier molecular flexibility index (Phi) is 3.45. The first-order chi connectivity index (χ1) is 9.79. The second kappa shape index (κ2) is 5.40. The predicted octanol–water partition coefficient (Wildman–Crippen LogP) is 3.47. The summed E-state index contributed by atoms with van der Waals surface area (Å²) in [5.41, 5.74) is 5.56. The van der Waals surface area contributed by atoms with Gasteiger partial charge in [0.2, 0.25) is 0 Å². The zero-order valence-corrected chi connectivity index (χ0v) is 11.8. The molecular weight excluding hydrogens is 268 g/mol. The zero-order chi connectivity index (χ0) is 13.9. The summed E-state index contributed by atoms with van der Waals surface area (Å²) in [7, 11) is 0. The molecule has 3 N–H and O–H groups in total.